The number of anilines is 1. The van der Waals surface area contributed by atoms with Crippen LogP contribution in [-0.4, -0.2) is 41.4 Å². The Morgan fingerprint density at radius 2 is 1.90 bits per heavy atom. The molecule has 0 spiro atoms. The number of hydrogen-bond acceptors (Lipinski definition) is 7. The van der Waals surface area contributed by atoms with Crippen LogP contribution < -0.4 is 10.9 Å². The van der Waals surface area contributed by atoms with Gasteiger partial charge in [-0.2, -0.15) is 0 Å². The van der Waals surface area contributed by atoms with Crippen LogP contribution in [0.5, 0.6) is 0 Å². The van der Waals surface area contributed by atoms with Crippen LogP contribution >= 0.6 is 0 Å². The Balaban J connectivity index is 1.61. The smallest absolute Gasteiger partial charge is 0.255 e. The largest absolute Gasteiger partial charge is 0.348 e. The second-order valence-corrected chi connectivity index (χ2v) is 6.64. The van der Waals surface area contributed by atoms with Gasteiger partial charge in [-0.3, -0.25) is 14.2 Å². The lowest BCUT2D eigenvalue weighted by Crippen LogP contribution is -2.25. The van der Waals surface area contributed by atoms with Crippen LogP contribution in [0.2, 0.25) is 0 Å². The van der Waals surface area contributed by atoms with Gasteiger partial charge in [0.1, 0.15) is 12.2 Å². The first-order valence-electron chi connectivity index (χ1n) is 9.23. The minimum atomic E-state index is -0.262. The van der Waals surface area contributed by atoms with Gasteiger partial charge in [-0.05, 0) is 6.07 Å². The van der Waals surface area contributed by atoms with Gasteiger partial charge >= 0.3 is 0 Å². The molecule has 4 aromatic rings. The maximum absolute atomic E-state index is 13.0. The van der Waals surface area contributed by atoms with Crippen molar-refractivity contribution in [2.75, 3.05) is 11.9 Å². The van der Waals surface area contributed by atoms with E-state index in [2.05, 4.69) is 25.3 Å². The number of ketones is 1. The minimum absolute atomic E-state index is 0.0328. The number of nitrogens with zero attached hydrogens (tertiary/aromatic N) is 6. The molecule has 0 saturated heterocycles. The van der Waals surface area contributed by atoms with Gasteiger partial charge in [-0.25, -0.2) is 19.9 Å². The van der Waals surface area contributed by atoms with Crippen molar-refractivity contribution in [2.24, 2.45) is 14.1 Å². The summed E-state index contributed by atoms with van der Waals surface area (Å²) in [6.07, 6.45) is 6.48. The topological polar surface area (TPSA) is 108 Å². The molecule has 3 heterocycles. The molecule has 3 aromatic heterocycles. The van der Waals surface area contributed by atoms with Gasteiger partial charge in [-0.1, -0.05) is 24.3 Å². The predicted octanol–water partition coefficient (Wildman–Crippen LogP) is 1.93. The summed E-state index contributed by atoms with van der Waals surface area (Å²) in [5.41, 5.74) is 1.95. The van der Waals surface area contributed by atoms with Crippen molar-refractivity contribution in [1.29, 1.82) is 0 Å². The lowest BCUT2D eigenvalue weighted by atomic mass is 10.0. The number of nitrogens with one attached hydrogen (secondary N) is 1. The van der Waals surface area contributed by atoms with E-state index in [0.29, 0.717) is 22.8 Å². The van der Waals surface area contributed by atoms with E-state index in [1.807, 2.05) is 36.0 Å². The number of rotatable bonds is 6. The molecule has 9 heteroatoms. The van der Waals surface area contributed by atoms with Gasteiger partial charge in [0.15, 0.2) is 5.78 Å². The molecule has 0 aliphatic rings. The molecule has 0 amide bonds. The fourth-order valence-electron chi connectivity index (χ4n) is 3.07. The Hall–Kier alpha value is -4.14. The van der Waals surface area contributed by atoms with Crippen molar-refractivity contribution < 1.29 is 4.79 Å². The molecule has 0 radical (unpaired) electrons. The van der Waals surface area contributed by atoms with Crippen LogP contribution in [0.3, 0.4) is 0 Å². The summed E-state index contributed by atoms with van der Waals surface area (Å²) in [7, 11) is 3.47. The Kier molecular flexibility index (Phi) is 5.17. The fourth-order valence-corrected chi connectivity index (χ4v) is 3.07. The molecule has 1 aromatic carbocycles. The van der Waals surface area contributed by atoms with Crippen molar-refractivity contribution in [3.63, 3.8) is 0 Å². The van der Waals surface area contributed by atoms with Crippen LogP contribution in [0.15, 0.2) is 66.1 Å². The summed E-state index contributed by atoms with van der Waals surface area (Å²) in [5.74, 6) is 0.837. The molecule has 0 unspecified atom stereocenters. The number of hydrogen-bond donors (Lipinski definition) is 1. The average Bonchev–Trinajstić information content (AvgIpc) is 3.20. The summed E-state index contributed by atoms with van der Waals surface area (Å²) < 4.78 is 3.21. The van der Waals surface area contributed by atoms with Gasteiger partial charge in [0.25, 0.3) is 5.56 Å². The summed E-state index contributed by atoms with van der Waals surface area (Å²) in [4.78, 5) is 42.1. The predicted molar refractivity (Wildman–Crippen MR) is 112 cm³/mol. The number of aryl methyl sites for hydroxylation is 1. The van der Waals surface area contributed by atoms with Crippen molar-refractivity contribution >= 4 is 11.7 Å². The van der Waals surface area contributed by atoms with E-state index < -0.39 is 0 Å². The molecule has 1 N–H and O–H groups in total. The molecule has 0 aliphatic carbocycles. The van der Waals surface area contributed by atoms with Gasteiger partial charge in [0, 0.05) is 49.9 Å². The molecule has 0 fully saturated rings. The van der Waals surface area contributed by atoms with Crippen molar-refractivity contribution in [1.82, 2.24) is 29.1 Å². The molecule has 4 rings (SSSR count). The first-order chi connectivity index (χ1) is 14.5. The molecular weight excluding hydrogens is 382 g/mol. The monoisotopic (exact) mass is 401 g/mol. The number of benzene rings is 1. The number of carbonyl (C=O) groups is 1. The van der Waals surface area contributed by atoms with E-state index >= 15 is 0 Å². The van der Waals surface area contributed by atoms with E-state index in [1.54, 1.807) is 31.6 Å². The van der Waals surface area contributed by atoms with E-state index in [9.17, 15) is 9.59 Å². The molecule has 9 nitrogen and oxygen atoms in total. The highest BCUT2D eigenvalue weighted by Gasteiger charge is 2.16. The second-order valence-electron chi connectivity index (χ2n) is 6.64. The molecule has 0 aliphatic heterocycles. The Morgan fingerprint density at radius 3 is 2.63 bits per heavy atom. The summed E-state index contributed by atoms with van der Waals surface area (Å²) in [5, 5.41) is 2.98. The highest BCUT2D eigenvalue weighted by molar-refractivity contribution is 6.03. The Morgan fingerprint density at radius 1 is 1.07 bits per heavy atom. The first kappa shape index (κ1) is 19.2. The third-order valence-corrected chi connectivity index (χ3v) is 4.68. The average molecular weight is 401 g/mol. The zero-order valence-corrected chi connectivity index (χ0v) is 16.5. The number of aromatic nitrogens is 6. The molecule has 0 bridgehead atoms. The van der Waals surface area contributed by atoms with E-state index in [1.165, 1.54) is 17.0 Å². The van der Waals surface area contributed by atoms with Gasteiger partial charge in [0.2, 0.25) is 5.95 Å². The molecule has 0 saturated carbocycles. The standard InChI is InChI=1S/C21H19N7O2/c1-27-10-9-23-20(27)15-6-4-3-5-14(15)18(29)12-24-21-26-17(11-19(30)28(21)2)16-7-8-22-13-25-16/h3-11,13H,12H2,1-2H3,(H,24,26). The Bertz CT molecular complexity index is 1260. The SMILES string of the molecule is Cn1ccnc1-c1ccccc1C(=O)CNc1nc(-c2ccncn2)cc(=O)n1C. The zero-order valence-electron chi connectivity index (χ0n) is 16.5. The van der Waals surface area contributed by atoms with E-state index in [-0.39, 0.29) is 23.8 Å². The van der Waals surface area contributed by atoms with Crippen LogP contribution in [0.25, 0.3) is 22.8 Å². The van der Waals surface area contributed by atoms with Gasteiger partial charge < -0.3 is 9.88 Å². The maximum Gasteiger partial charge on any atom is 0.255 e. The fraction of sp³-hybridized carbons (Fsp3) is 0.143. The first-order valence-corrected chi connectivity index (χ1v) is 9.23. The summed E-state index contributed by atoms with van der Waals surface area (Å²) in [6.45, 7) is -0.0328. The van der Waals surface area contributed by atoms with Crippen molar-refractivity contribution in [2.45, 2.75) is 0 Å². The zero-order chi connectivity index (χ0) is 21.1. The molecule has 30 heavy (non-hydrogen) atoms. The molecule has 0 atom stereocenters. The summed E-state index contributed by atoms with van der Waals surface area (Å²) >= 11 is 0. The quantitative estimate of drug-likeness (QED) is 0.492. The summed E-state index contributed by atoms with van der Waals surface area (Å²) in [6, 6.07) is 10.4. The number of carbonyl (C=O) groups excluding carboxylic acids is 1. The molecular formula is C21H19N7O2. The van der Waals surface area contributed by atoms with Gasteiger partial charge in [-0.15, -0.1) is 0 Å². The van der Waals surface area contributed by atoms with E-state index in [0.717, 1.165) is 5.56 Å². The third-order valence-electron chi connectivity index (χ3n) is 4.68. The minimum Gasteiger partial charge on any atom is -0.348 e. The normalized spacial score (nSPS) is 10.7. The van der Waals surface area contributed by atoms with E-state index in [4.69, 9.17) is 0 Å². The molecule has 150 valence electrons. The van der Waals surface area contributed by atoms with Crippen LogP contribution in [0.4, 0.5) is 5.95 Å². The second kappa shape index (κ2) is 8.08. The Labute approximate surface area is 172 Å². The van der Waals surface area contributed by atoms with Gasteiger partial charge in [0.05, 0.1) is 17.9 Å². The van der Waals surface area contributed by atoms with Crippen LogP contribution in [0, 0.1) is 0 Å². The van der Waals surface area contributed by atoms with Crippen molar-refractivity contribution in [3.8, 4) is 22.8 Å². The highest BCUT2D eigenvalue weighted by Crippen LogP contribution is 2.22. The third kappa shape index (κ3) is 3.72. The lowest BCUT2D eigenvalue weighted by molar-refractivity contribution is 0.101. The van der Waals surface area contributed by atoms with Crippen LogP contribution in [0.1, 0.15) is 10.4 Å². The highest BCUT2D eigenvalue weighted by atomic mass is 16.1. The van der Waals surface area contributed by atoms with Crippen LogP contribution in [-0.2, 0) is 14.1 Å². The lowest BCUT2D eigenvalue weighted by Gasteiger charge is -2.12. The maximum atomic E-state index is 13.0. The number of Topliss-reactive ketones (excluding diaryl/α,β-unsaturated/α-hetero) is 1. The number of imidazole rings is 1. The van der Waals surface area contributed by atoms with Crippen molar-refractivity contribution in [3.05, 3.63) is 77.2 Å².